The highest BCUT2D eigenvalue weighted by atomic mass is 32.2. The van der Waals surface area contributed by atoms with Crippen LogP contribution >= 0.6 is 11.8 Å². The molecule has 1 N–H and O–H groups in total. The van der Waals surface area contributed by atoms with Crippen molar-refractivity contribution in [2.45, 2.75) is 55.6 Å². The smallest absolute Gasteiger partial charge is 0.168 e. The van der Waals surface area contributed by atoms with E-state index < -0.39 is 0 Å². The lowest BCUT2D eigenvalue weighted by Gasteiger charge is -2.43. The van der Waals surface area contributed by atoms with Crippen molar-refractivity contribution in [1.29, 1.82) is 0 Å². The van der Waals surface area contributed by atoms with Crippen LogP contribution in [0.15, 0.2) is 11.4 Å². The van der Waals surface area contributed by atoms with E-state index in [2.05, 4.69) is 16.1 Å². The van der Waals surface area contributed by atoms with E-state index >= 15 is 0 Å². The van der Waals surface area contributed by atoms with Crippen LogP contribution in [0.2, 0.25) is 0 Å². The Kier molecular flexibility index (Phi) is 3.96. The van der Waals surface area contributed by atoms with E-state index in [9.17, 15) is 0 Å². The Morgan fingerprint density at radius 2 is 2.29 bits per heavy atom. The molecule has 4 rings (SSSR count). The van der Waals surface area contributed by atoms with Gasteiger partial charge in [-0.1, -0.05) is 11.8 Å². The Hall–Kier alpha value is -0.560. The summed E-state index contributed by atoms with van der Waals surface area (Å²) in [7, 11) is 0. The molecule has 0 radical (unpaired) electrons. The third kappa shape index (κ3) is 2.99. The Bertz CT molecular complexity index is 472. The first-order chi connectivity index (χ1) is 10.3. The quantitative estimate of drug-likeness (QED) is 0.923. The lowest BCUT2D eigenvalue weighted by molar-refractivity contribution is -0.140. The lowest BCUT2D eigenvalue weighted by atomic mass is 9.84. The number of nitrogens with one attached hydrogen (secondary N) is 1. The standard InChI is InChI=1S/C15H23N3O2S/c1-5-20-15(2-6-19-7-3-15)9-12(1)16-10-13-11-18-4-8-21-14(18)17-13/h11-12,16H,1-10H2/t12-/m1/s1. The van der Waals surface area contributed by atoms with Crippen molar-refractivity contribution in [2.75, 3.05) is 25.6 Å². The van der Waals surface area contributed by atoms with Crippen molar-refractivity contribution in [3.8, 4) is 0 Å². The molecule has 0 bridgehead atoms. The summed E-state index contributed by atoms with van der Waals surface area (Å²) in [4.78, 5) is 4.69. The molecule has 0 aliphatic carbocycles. The van der Waals surface area contributed by atoms with Gasteiger partial charge in [0.05, 0.1) is 11.3 Å². The van der Waals surface area contributed by atoms with Gasteiger partial charge in [-0.05, 0) is 25.7 Å². The molecule has 1 atom stereocenters. The molecule has 2 saturated heterocycles. The molecule has 0 amide bonds. The van der Waals surface area contributed by atoms with Crippen LogP contribution in [0, 0.1) is 0 Å². The second-order valence-corrected chi connectivity index (χ2v) is 7.33. The first-order valence-corrected chi connectivity index (χ1v) is 8.96. The molecule has 21 heavy (non-hydrogen) atoms. The van der Waals surface area contributed by atoms with Crippen LogP contribution in [-0.4, -0.2) is 46.8 Å². The molecule has 0 aromatic carbocycles. The third-order valence-corrected chi connectivity index (χ3v) is 5.79. The normalized spacial score (nSPS) is 27.9. The van der Waals surface area contributed by atoms with Gasteiger partial charge in [0.15, 0.2) is 5.16 Å². The van der Waals surface area contributed by atoms with Gasteiger partial charge in [0.25, 0.3) is 0 Å². The molecule has 2 fully saturated rings. The van der Waals surface area contributed by atoms with E-state index in [1.165, 1.54) is 16.6 Å². The van der Waals surface area contributed by atoms with E-state index in [4.69, 9.17) is 14.5 Å². The number of aromatic nitrogens is 2. The van der Waals surface area contributed by atoms with Crippen LogP contribution in [0.3, 0.4) is 0 Å². The monoisotopic (exact) mass is 309 g/mol. The van der Waals surface area contributed by atoms with Crippen LogP contribution in [0.5, 0.6) is 0 Å². The molecule has 0 saturated carbocycles. The maximum Gasteiger partial charge on any atom is 0.168 e. The first kappa shape index (κ1) is 14.1. The lowest BCUT2D eigenvalue weighted by Crippen LogP contribution is -2.49. The van der Waals surface area contributed by atoms with Crippen molar-refractivity contribution in [1.82, 2.24) is 14.9 Å². The Morgan fingerprint density at radius 3 is 3.14 bits per heavy atom. The highest BCUT2D eigenvalue weighted by molar-refractivity contribution is 7.99. The van der Waals surface area contributed by atoms with Crippen molar-refractivity contribution < 1.29 is 9.47 Å². The molecule has 0 unspecified atom stereocenters. The van der Waals surface area contributed by atoms with Crippen molar-refractivity contribution in [3.63, 3.8) is 0 Å². The van der Waals surface area contributed by atoms with Gasteiger partial charge in [-0.25, -0.2) is 4.98 Å². The summed E-state index contributed by atoms with van der Waals surface area (Å²) in [6.07, 6.45) is 6.50. The van der Waals surface area contributed by atoms with Crippen LogP contribution in [-0.2, 0) is 22.6 Å². The van der Waals surface area contributed by atoms with E-state index in [0.29, 0.717) is 6.04 Å². The largest absolute Gasteiger partial charge is 0.381 e. The third-order valence-electron chi connectivity index (χ3n) is 4.82. The molecule has 3 aliphatic rings. The summed E-state index contributed by atoms with van der Waals surface area (Å²) in [6, 6.07) is 0.543. The second-order valence-electron chi connectivity index (χ2n) is 6.27. The molecule has 1 spiro atoms. The fourth-order valence-electron chi connectivity index (χ4n) is 3.59. The number of aryl methyl sites for hydroxylation is 1. The predicted octanol–water partition coefficient (Wildman–Crippen LogP) is 1.81. The highest BCUT2D eigenvalue weighted by Gasteiger charge is 2.38. The minimum Gasteiger partial charge on any atom is -0.381 e. The minimum atomic E-state index is 0.0694. The molecule has 1 aromatic heterocycles. The first-order valence-electron chi connectivity index (χ1n) is 7.97. The summed E-state index contributed by atoms with van der Waals surface area (Å²) in [6.45, 7) is 4.54. The summed E-state index contributed by atoms with van der Waals surface area (Å²) in [5.41, 5.74) is 1.24. The van der Waals surface area contributed by atoms with Crippen LogP contribution < -0.4 is 5.32 Å². The zero-order valence-electron chi connectivity index (χ0n) is 12.3. The number of nitrogens with zero attached hydrogens (tertiary/aromatic N) is 2. The maximum atomic E-state index is 6.10. The van der Waals surface area contributed by atoms with E-state index in [0.717, 1.165) is 58.6 Å². The fourth-order valence-corrected chi connectivity index (χ4v) is 4.55. The summed E-state index contributed by atoms with van der Waals surface area (Å²) in [5, 5.41) is 4.87. The predicted molar refractivity (Wildman–Crippen MR) is 81.5 cm³/mol. The number of rotatable bonds is 3. The highest BCUT2D eigenvalue weighted by Crippen LogP contribution is 2.34. The van der Waals surface area contributed by atoms with Crippen molar-refractivity contribution in [3.05, 3.63) is 11.9 Å². The molecular weight excluding hydrogens is 286 g/mol. The van der Waals surface area contributed by atoms with Gasteiger partial charge < -0.3 is 19.4 Å². The van der Waals surface area contributed by atoms with Gasteiger partial charge in [-0.2, -0.15) is 0 Å². The van der Waals surface area contributed by atoms with E-state index in [1.54, 1.807) is 0 Å². The van der Waals surface area contributed by atoms with Gasteiger partial charge in [0.2, 0.25) is 0 Å². The van der Waals surface area contributed by atoms with Gasteiger partial charge in [-0.15, -0.1) is 0 Å². The van der Waals surface area contributed by atoms with Crippen LogP contribution in [0.25, 0.3) is 0 Å². The topological polar surface area (TPSA) is 48.3 Å². The zero-order chi connectivity index (χ0) is 14.1. The van der Waals surface area contributed by atoms with Gasteiger partial charge in [-0.3, -0.25) is 0 Å². The molecule has 3 aliphatic heterocycles. The van der Waals surface area contributed by atoms with E-state index in [-0.39, 0.29) is 5.60 Å². The second kappa shape index (κ2) is 5.91. The number of hydrogen-bond donors (Lipinski definition) is 1. The number of imidazole rings is 1. The fraction of sp³-hybridized carbons (Fsp3) is 0.800. The summed E-state index contributed by atoms with van der Waals surface area (Å²) in [5.74, 6) is 1.17. The summed E-state index contributed by atoms with van der Waals surface area (Å²) >= 11 is 1.86. The number of hydrogen-bond acceptors (Lipinski definition) is 5. The maximum absolute atomic E-state index is 6.10. The Labute approximate surface area is 129 Å². The van der Waals surface area contributed by atoms with Gasteiger partial charge in [0.1, 0.15) is 0 Å². The molecule has 1 aromatic rings. The van der Waals surface area contributed by atoms with Crippen molar-refractivity contribution >= 4 is 11.8 Å². The summed E-state index contributed by atoms with van der Waals surface area (Å²) < 4.78 is 13.8. The number of ether oxygens (including phenoxy) is 2. The Balaban J connectivity index is 1.33. The molecular formula is C15H23N3O2S. The Morgan fingerprint density at radius 1 is 1.38 bits per heavy atom. The molecule has 5 nitrogen and oxygen atoms in total. The average Bonchev–Trinajstić information content (AvgIpc) is 3.07. The molecule has 116 valence electrons. The van der Waals surface area contributed by atoms with Gasteiger partial charge >= 0.3 is 0 Å². The van der Waals surface area contributed by atoms with Crippen molar-refractivity contribution in [2.24, 2.45) is 0 Å². The SMILES string of the molecule is c1c(CN[C@@H]2CCOC3(CCOCC3)C2)nc2n1CCS2. The minimum absolute atomic E-state index is 0.0694. The number of fused-ring (bicyclic) bond motifs is 1. The average molecular weight is 309 g/mol. The van der Waals surface area contributed by atoms with Gasteiger partial charge in [0, 0.05) is 50.9 Å². The van der Waals surface area contributed by atoms with Crippen LogP contribution in [0.4, 0.5) is 0 Å². The van der Waals surface area contributed by atoms with E-state index in [1.807, 2.05) is 11.8 Å². The molecule has 6 heteroatoms. The number of thioether (sulfide) groups is 1. The zero-order valence-corrected chi connectivity index (χ0v) is 13.2. The van der Waals surface area contributed by atoms with Crippen LogP contribution in [0.1, 0.15) is 31.4 Å². The molecule has 4 heterocycles.